The fourth-order valence-corrected chi connectivity index (χ4v) is 4.40. The van der Waals surface area contributed by atoms with E-state index < -0.39 is 0 Å². The summed E-state index contributed by atoms with van der Waals surface area (Å²) >= 11 is 0. The molecule has 1 N–H and O–H groups in total. The molecule has 0 bridgehead atoms. The number of hydrogen-bond acceptors (Lipinski definition) is 3. The van der Waals surface area contributed by atoms with Crippen molar-refractivity contribution in [3.8, 4) is 0 Å². The number of allylic oxidation sites excluding steroid dienone is 2. The Kier molecular flexibility index (Phi) is 7.47. The van der Waals surface area contributed by atoms with Gasteiger partial charge in [0.15, 0.2) is 5.78 Å². The first-order chi connectivity index (χ1) is 14.4. The minimum absolute atomic E-state index is 0.0220. The van der Waals surface area contributed by atoms with Crippen LogP contribution in [-0.4, -0.2) is 23.1 Å². The van der Waals surface area contributed by atoms with Crippen molar-refractivity contribution < 1.29 is 9.90 Å². The van der Waals surface area contributed by atoms with Gasteiger partial charge in [-0.05, 0) is 28.2 Å². The number of unbranched alkanes of at least 4 members (excludes halogenated alkanes) is 4. The first-order valence-corrected chi connectivity index (χ1v) is 11.4. The van der Waals surface area contributed by atoms with Gasteiger partial charge in [0.1, 0.15) is 5.76 Å². The predicted octanol–water partition coefficient (Wildman–Crippen LogP) is 6.99. The molecular formula is C27H35NO2. The van der Waals surface area contributed by atoms with E-state index in [0.29, 0.717) is 31.4 Å². The molecule has 0 amide bonds. The summed E-state index contributed by atoms with van der Waals surface area (Å²) in [6, 6.07) is 14.6. The molecule has 0 radical (unpaired) electrons. The molecule has 0 unspecified atom stereocenters. The smallest absolute Gasteiger partial charge is 0.168 e. The van der Waals surface area contributed by atoms with E-state index in [0.717, 1.165) is 24.1 Å². The first-order valence-electron chi connectivity index (χ1n) is 11.4. The van der Waals surface area contributed by atoms with Crippen molar-refractivity contribution >= 4 is 22.3 Å². The van der Waals surface area contributed by atoms with Crippen molar-refractivity contribution in [2.45, 2.75) is 72.1 Å². The Labute approximate surface area is 180 Å². The number of carbonyl (C=O) groups is 1. The molecular weight excluding hydrogens is 370 g/mol. The molecule has 3 heteroatoms. The maximum Gasteiger partial charge on any atom is 0.168 e. The molecule has 1 aliphatic carbocycles. The van der Waals surface area contributed by atoms with E-state index in [-0.39, 0.29) is 17.0 Å². The maximum atomic E-state index is 13.0. The second-order valence-corrected chi connectivity index (χ2v) is 9.32. The number of benzene rings is 2. The van der Waals surface area contributed by atoms with Crippen LogP contribution in [0.2, 0.25) is 0 Å². The largest absolute Gasteiger partial charge is 0.511 e. The van der Waals surface area contributed by atoms with E-state index in [1.54, 1.807) is 0 Å². The Morgan fingerprint density at radius 3 is 2.50 bits per heavy atom. The molecule has 3 nitrogen and oxygen atoms in total. The van der Waals surface area contributed by atoms with Crippen LogP contribution in [-0.2, 0) is 11.2 Å². The Morgan fingerprint density at radius 1 is 1.00 bits per heavy atom. The van der Waals surface area contributed by atoms with Gasteiger partial charge in [-0.2, -0.15) is 0 Å². The number of Topliss-reactive ketones (excluding diaryl/α,β-unsaturated/α-hetero) is 1. The molecule has 0 aliphatic heterocycles. The summed E-state index contributed by atoms with van der Waals surface area (Å²) in [6.45, 7) is 6.99. The van der Waals surface area contributed by atoms with Crippen LogP contribution in [0.1, 0.15) is 71.3 Å². The quantitative estimate of drug-likeness (QED) is 0.361. The molecule has 2 aromatic carbocycles. The molecule has 2 aromatic rings. The number of fused-ring (bicyclic) bond motifs is 1. The number of hydrogen-bond donors (Lipinski definition) is 1. The van der Waals surface area contributed by atoms with E-state index in [1.165, 1.54) is 30.0 Å². The van der Waals surface area contributed by atoms with Gasteiger partial charge in [0.2, 0.25) is 0 Å². The summed E-state index contributed by atoms with van der Waals surface area (Å²) in [5.74, 6) is 0.231. The minimum atomic E-state index is -0.199. The van der Waals surface area contributed by atoms with Gasteiger partial charge in [0.05, 0.1) is 11.3 Å². The second-order valence-electron chi connectivity index (χ2n) is 9.32. The van der Waals surface area contributed by atoms with Crippen LogP contribution in [0.3, 0.4) is 0 Å². The highest BCUT2D eigenvalue weighted by atomic mass is 16.3. The molecule has 1 aliphatic rings. The lowest BCUT2D eigenvalue weighted by Crippen LogP contribution is -2.30. The average molecular weight is 406 g/mol. The number of nitrogens with zero attached hydrogens (tertiary/aromatic N) is 1. The topological polar surface area (TPSA) is 49.7 Å². The van der Waals surface area contributed by atoms with E-state index >= 15 is 0 Å². The molecule has 160 valence electrons. The monoisotopic (exact) mass is 405 g/mol. The van der Waals surface area contributed by atoms with Crippen LogP contribution in [0.25, 0.3) is 10.8 Å². The zero-order chi connectivity index (χ0) is 21.6. The molecule has 3 rings (SSSR count). The van der Waals surface area contributed by atoms with Crippen molar-refractivity contribution in [1.82, 2.24) is 0 Å². The Morgan fingerprint density at radius 2 is 1.73 bits per heavy atom. The number of carbonyl (C=O) groups excluding carboxylic acids is 1. The molecule has 0 spiro atoms. The van der Waals surface area contributed by atoms with Gasteiger partial charge in [-0.1, -0.05) is 88.9 Å². The van der Waals surface area contributed by atoms with Gasteiger partial charge >= 0.3 is 0 Å². The van der Waals surface area contributed by atoms with Crippen LogP contribution in [0.5, 0.6) is 0 Å². The third-order valence-electron chi connectivity index (χ3n) is 5.94. The fourth-order valence-electron chi connectivity index (χ4n) is 4.40. The van der Waals surface area contributed by atoms with Crippen molar-refractivity contribution in [3.05, 3.63) is 59.4 Å². The number of aliphatic hydroxyl groups is 1. The Hall–Kier alpha value is -2.42. The predicted molar refractivity (Wildman–Crippen MR) is 126 cm³/mol. The summed E-state index contributed by atoms with van der Waals surface area (Å²) in [4.78, 5) is 17.9. The van der Waals surface area contributed by atoms with E-state index in [1.807, 2.05) is 26.0 Å². The molecule has 0 aromatic heterocycles. The molecule has 30 heavy (non-hydrogen) atoms. The van der Waals surface area contributed by atoms with Crippen LogP contribution in [0.15, 0.2) is 58.8 Å². The number of aliphatic imine (C=N–C) groups is 1. The summed E-state index contributed by atoms with van der Waals surface area (Å²) in [5, 5.41) is 13.2. The lowest BCUT2D eigenvalue weighted by Gasteiger charge is -2.30. The summed E-state index contributed by atoms with van der Waals surface area (Å²) in [5.41, 5.74) is 2.17. The van der Waals surface area contributed by atoms with Crippen LogP contribution < -0.4 is 0 Å². The highest BCUT2D eigenvalue weighted by molar-refractivity contribution is 6.24. The molecule has 0 saturated heterocycles. The Bertz CT molecular complexity index is 947. The third-order valence-corrected chi connectivity index (χ3v) is 5.94. The van der Waals surface area contributed by atoms with Crippen LogP contribution >= 0.6 is 0 Å². The minimum Gasteiger partial charge on any atom is -0.511 e. The van der Waals surface area contributed by atoms with Gasteiger partial charge < -0.3 is 5.11 Å². The highest BCUT2D eigenvalue weighted by Crippen LogP contribution is 2.36. The lowest BCUT2D eigenvalue weighted by atomic mass is 9.75. The van der Waals surface area contributed by atoms with E-state index in [9.17, 15) is 9.90 Å². The van der Waals surface area contributed by atoms with E-state index in [4.69, 9.17) is 4.99 Å². The maximum absolute atomic E-state index is 13.0. The van der Waals surface area contributed by atoms with Crippen molar-refractivity contribution in [2.75, 3.05) is 6.54 Å². The van der Waals surface area contributed by atoms with Crippen LogP contribution in [0.4, 0.5) is 0 Å². The molecule has 0 atom stereocenters. The van der Waals surface area contributed by atoms with Crippen molar-refractivity contribution in [2.24, 2.45) is 10.4 Å². The Balaban J connectivity index is 1.90. The summed E-state index contributed by atoms with van der Waals surface area (Å²) in [7, 11) is 0. The lowest BCUT2D eigenvalue weighted by molar-refractivity contribution is -0.117. The molecule has 0 fully saturated rings. The van der Waals surface area contributed by atoms with Crippen molar-refractivity contribution in [3.63, 3.8) is 0 Å². The zero-order valence-corrected chi connectivity index (χ0v) is 18.7. The SMILES string of the molecule is CCCCCCCN=C(Cc1cccc2ccccc12)C1=C(O)CC(C)(C)CC1=O. The van der Waals surface area contributed by atoms with Crippen molar-refractivity contribution in [1.29, 1.82) is 0 Å². The normalized spacial score (nSPS) is 17.0. The number of aliphatic hydroxyl groups excluding tert-OH is 1. The van der Waals surface area contributed by atoms with Gasteiger partial charge in [-0.25, -0.2) is 0 Å². The average Bonchev–Trinajstić information content (AvgIpc) is 2.69. The van der Waals surface area contributed by atoms with Gasteiger partial charge in [-0.15, -0.1) is 0 Å². The van der Waals surface area contributed by atoms with Gasteiger partial charge in [0, 0.05) is 25.8 Å². The highest BCUT2D eigenvalue weighted by Gasteiger charge is 2.35. The fraction of sp³-hybridized carbons (Fsp3) is 0.481. The second kappa shape index (κ2) is 10.1. The first kappa shape index (κ1) is 22.3. The molecule has 0 saturated carbocycles. The number of ketones is 1. The standard InChI is InChI=1S/C27H35NO2/c1-4-5-6-7-10-16-28-23(26-24(29)18-27(2,3)19-25(26)30)17-21-14-11-13-20-12-8-9-15-22(20)21/h8-9,11-15,29H,4-7,10,16-19H2,1-3H3. The van der Waals surface area contributed by atoms with Gasteiger partial charge in [0.25, 0.3) is 0 Å². The number of rotatable bonds is 9. The van der Waals surface area contributed by atoms with E-state index in [2.05, 4.69) is 37.3 Å². The summed E-state index contributed by atoms with van der Waals surface area (Å²) in [6.07, 6.45) is 7.44. The molecule has 0 heterocycles. The summed E-state index contributed by atoms with van der Waals surface area (Å²) < 4.78 is 0. The third kappa shape index (κ3) is 5.59. The zero-order valence-electron chi connectivity index (χ0n) is 18.7. The van der Waals surface area contributed by atoms with Gasteiger partial charge in [-0.3, -0.25) is 9.79 Å². The van der Waals surface area contributed by atoms with Crippen LogP contribution in [0, 0.1) is 5.41 Å².